The third-order valence-electron chi connectivity index (χ3n) is 4.24. The number of benzene rings is 2. The number of hydrogen-bond donors (Lipinski definition) is 2. The Morgan fingerprint density at radius 3 is 2.74 bits per heavy atom. The van der Waals surface area contributed by atoms with Crippen molar-refractivity contribution in [3.63, 3.8) is 0 Å². The maximum absolute atomic E-state index is 12.6. The molecule has 1 unspecified atom stereocenters. The van der Waals surface area contributed by atoms with Crippen LogP contribution in [0.4, 0.5) is 0 Å². The van der Waals surface area contributed by atoms with Gasteiger partial charge in [0.15, 0.2) is 5.43 Å². The van der Waals surface area contributed by atoms with E-state index < -0.39 is 0 Å². The predicted molar refractivity (Wildman–Crippen MR) is 93.8 cm³/mol. The molecule has 1 aliphatic rings. The molecule has 1 saturated heterocycles. The minimum atomic E-state index is -0.00207. The summed E-state index contributed by atoms with van der Waals surface area (Å²) in [6.45, 7) is 1.71. The Morgan fingerprint density at radius 1 is 1.17 bits per heavy atom. The molecule has 0 spiro atoms. The first-order chi connectivity index (χ1) is 11.2. The van der Waals surface area contributed by atoms with Gasteiger partial charge in [-0.3, -0.25) is 4.79 Å². The Hall–Kier alpha value is -2.11. The van der Waals surface area contributed by atoms with E-state index >= 15 is 0 Å². The molecule has 4 rings (SSSR count). The smallest absolute Gasteiger partial charge is 0.195 e. The Balaban J connectivity index is 1.72. The molecule has 4 nitrogen and oxygen atoms in total. The summed E-state index contributed by atoms with van der Waals surface area (Å²) in [6.07, 6.45) is 2.34. The molecule has 5 heteroatoms. The zero-order chi connectivity index (χ0) is 15.8. The third-order valence-corrected chi connectivity index (χ3v) is 5.36. The van der Waals surface area contributed by atoms with Gasteiger partial charge in [0.25, 0.3) is 0 Å². The van der Waals surface area contributed by atoms with Gasteiger partial charge in [-0.05, 0) is 55.8 Å². The molecule has 0 aliphatic carbocycles. The summed E-state index contributed by atoms with van der Waals surface area (Å²) in [5.41, 5.74) is -0.00207. The fourth-order valence-electron chi connectivity index (χ4n) is 3.01. The van der Waals surface area contributed by atoms with E-state index in [1.807, 2.05) is 18.2 Å². The fraction of sp³-hybridized carbons (Fsp3) is 0.278. The quantitative estimate of drug-likeness (QED) is 0.725. The molecule has 1 aliphatic heterocycles. The molecule has 0 saturated carbocycles. The van der Waals surface area contributed by atoms with E-state index in [2.05, 4.69) is 5.32 Å². The Bertz CT molecular complexity index is 929. The van der Waals surface area contributed by atoms with Crippen molar-refractivity contribution in [1.29, 1.82) is 0 Å². The lowest BCUT2D eigenvalue weighted by Gasteiger charge is -2.12. The number of aromatic hydroxyl groups is 1. The summed E-state index contributed by atoms with van der Waals surface area (Å²) in [5, 5.41) is 14.4. The number of hydrogen-bond acceptors (Lipinski definition) is 5. The van der Waals surface area contributed by atoms with Gasteiger partial charge in [0.1, 0.15) is 18.1 Å². The van der Waals surface area contributed by atoms with Crippen molar-refractivity contribution in [3.8, 4) is 11.5 Å². The van der Waals surface area contributed by atoms with Crippen molar-refractivity contribution >= 4 is 31.5 Å². The highest BCUT2D eigenvalue weighted by Gasteiger charge is 2.14. The van der Waals surface area contributed by atoms with Crippen molar-refractivity contribution < 1.29 is 9.84 Å². The average Bonchev–Trinajstić information content (AvgIpc) is 3.06. The van der Waals surface area contributed by atoms with Gasteiger partial charge in [0.05, 0.1) is 0 Å². The van der Waals surface area contributed by atoms with Crippen LogP contribution in [0.5, 0.6) is 11.5 Å². The number of phenols is 1. The minimum absolute atomic E-state index is 0.00207. The average molecular weight is 327 g/mol. The molecule has 1 atom stereocenters. The van der Waals surface area contributed by atoms with E-state index in [0.29, 0.717) is 23.4 Å². The van der Waals surface area contributed by atoms with Crippen LogP contribution in [0.2, 0.25) is 0 Å². The lowest BCUT2D eigenvalue weighted by molar-refractivity contribution is 0.277. The largest absolute Gasteiger partial charge is 0.508 e. The first-order valence-corrected chi connectivity index (χ1v) is 8.58. The lowest BCUT2D eigenvalue weighted by Crippen LogP contribution is -2.28. The van der Waals surface area contributed by atoms with E-state index in [0.717, 1.165) is 28.1 Å². The highest BCUT2D eigenvalue weighted by atomic mass is 32.1. The first kappa shape index (κ1) is 14.5. The van der Waals surface area contributed by atoms with Gasteiger partial charge in [-0.25, -0.2) is 0 Å². The van der Waals surface area contributed by atoms with Crippen molar-refractivity contribution in [2.24, 2.45) is 0 Å². The lowest BCUT2D eigenvalue weighted by atomic mass is 10.2. The molecule has 3 aromatic rings. The van der Waals surface area contributed by atoms with Crippen molar-refractivity contribution in [2.75, 3.05) is 13.2 Å². The number of ether oxygens (including phenoxy) is 1. The fourth-order valence-corrected chi connectivity index (χ4v) is 4.14. The van der Waals surface area contributed by atoms with Gasteiger partial charge < -0.3 is 15.2 Å². The number of rotatable bonds is 3. The minimum Gasteiger partial charge on any atom is -0.508 e. The summed E-state index contributed by atoms with van der Waals surface area (Å²) in [7, 11) is 0. The highest BCUT2D eigenvalue weighted by molar-refractivity contribution is 7.24. The first-order valence-electron chi connectivity index (χ1n) is 7.76. The molecule has 0 radical (unpaired) electrons. The molecule has 2 N–H and O–H groups in total. The second-order valence-electron chi connectivity index (χ2n) is 5.87. The standard InChI is InChI=1S/C18H17NO3S/c20-12-3-5-14-16(8-12)23-17-9-13(4-6-15(17)18(14)21)22-10-11-2-1-7-19-11/h3-6,8-9,11,19-20H,1-2,7,10H2. The Kier molecular flexibility index (Phi) is 3.67. The second-order valence-corrected chi connectivity index (χ2v) is 6.96. The summed E-state index contributed by atoms with van der Waals surface area (Å²) >= 11 is 1.50. The van der Waals surface area contributed by atoms with Gasteiger partial charge in [-0.15, -0.1) is 11.3 Å². The SMILES string of the molecule is O=c1c2ccc(O)cc2sc2cc(OCC3CCCN3)ccc12. The molecule has 0 amide bonds. The van der Waals surface area contributed by atoms with Crippen LogP contribution in [-0.4, -0.2) is 24.3 Å². The molecule has 118 valence electrons. The van der Waals surface area contributed by atoms with E-state index in [4.69, 9.17) is 4.74 Å². The van der Waals surface area contributed by atoms with Gasteiger partial charge in [-0.1, -0.05) is 0 Å². The van der Waals surface area contributed by atoms with Crippen molar-refractivity contribution in [3.05, 3.63) is 46.6 Å². The van der Waals surface area contributed by atoms with E-state index in [9.17, 15) is 9.90 Å². The van der Waals surface area contributed by atoms with Crippen LogP contribution in [-0.2, 0) is 0 Å². The zero-order valence-electron chi connectivity index (χ0n) is 12.5. The van der Waals surface area contributed by atoms with Crippen LogP contribution in [0.1, 0.15) is 12.8 Å². The Morgan fingerprint density at radius 2 is 1.96 bits per heavy atom. The normalized spacial score (nSPS) is 17.8. The molecule has 0 bridgehead atoms. The van der Waals surface area contributed by atoms with Crippen molar-refractivity contribution in [2.45, 2.75) is 18.9 Å². The molecule has 1 fully saturated rings. The maximum atomic E-state index is 12.6. The molecule has 2 aromatic carbocycles. The number of nitrogens with one attached hydrogen (secondary N) is 1. The topological polar surface area (TPSA) is 58.6 Å². The highest BCUT2D eigenvalue weighted by Crippen LogP contribution is 2.29. The maximum Gasteiger partial charge on any atom is 0.195 e. The van der Waals surface area contributed by atoms with Crippen LogP contribution in [0.3, 0.4) is 0 Å². The van der Waals surface area contributed by atoms with Crippen LogP contribution >= 0.6 is 11.3 Å². The number of fused-ring (bicyclic) bond motifs is 2. The third kappa shape index (κ3) is 2.78. The predicted octanol–water partition coefficient (Wildman–Crippen LogP) is 3.25. The number of phenolic OH excluding ortho intramolecular Hbond substituents is 1. The monoisotopic (exact) mass is 327 g/mol. The Labute approximate surface area is 137 Å². The van der Waals surface area contributed by atoms with Gasteiger partial charge in [0.2, 0.25) is 0 Å². The molecule has 2 heterocycles. The van der Waals surface area contributed by atoms with Crippen LogP contribution < -0.4 is 15.5 Å². The van der Waals surface area contributed by atoms with Crippen LogP contribution in [0.25, 0.3) is 20.2 Å². The zero-order valence-corrected chi connectivity index (χ0v) is 13.4. The second kappa shape index (κ2) is 5.83. The van der Waals surface area contributed by atoms with Crippen LogP contribution in [0.15, 0.2) is 41.2 Å². The van der Waals surface area contributed by atoms with Gasteiger partial charge >= 0.3 is 0 Å². The van der Waals surface area contributed by atoms with E-state index in [1.165, 1.54) is 17.8 Å². The van der Waals surface area contributed by atoms with Crippen molar-refractivity contribution in [1.82, 2.24) is 5.32 Å². The summed E-state index contributed by atoms with van der Waals surface area (Å²) in [4.78, 5) is 12.6. The molecule has 23 heavy (non-hydrogen) atoms. The van der Waals surface area contributed by atoms with Gasteiger partial charge in [-0.2, -0.15) is 0 Å². The summed E-state index contributed by atoms with van der Waals surface area (Å²) < 4.78 is 7.54. The summed E-state index contributed by atoms with van der Waals surface area (Å²) in [6, 6.07) is 10.9. The van der Waals surface area contributed by atoms with Crippen LogP contribution in [0, 0.1) is 0 Å². The molecular formula is C18H17NO3S. The van der Waals surface area contributed by atoms with E-state index in [1.54, 1.807) is 18.2 Å². The molecule has 1 aromatic heterocycles. The molecular weight excluding hydrogens is 310 g/mol. The summed E-state index contributed by atoms with van der Waals surface area (Å²) in [5.74, 6) is 0.952. The van der Waals surface area contributed by atoms with Gasteiger partial charge in [0, 0.05) is 26.2 Å². The van der Waals surface area contributed by atoms with E-state index in [-0.39, 0.29) is 11.2 Å².